The highest BCUT2D eigenvalue weighted by Crippen LogP contribution is 2.67. The molecule has 6 nitrogen and oxygen atoms in total. The van der Waals surface area contributed by atoms with E-state index < -0.39 is 22.8 Å². The average molecular weight is 539 g/mol. The van der Waals surface area contributed by atoms with E-state index in [-0.39, 0.29) is 22.5 Å². The van der Waals surface area contributed by atoms with Crippen molar-refractivity contribution in [1.82, 2.24) is 0 Å². The molecule has 5 saturated carbocycles. The number of carbonyl (C=O) groups is 4. The number of Topliss-reactive ketones (excluding diaryl/α,β-unsaturated/α-hetero) is 1. The molecular formula is C33H46O6. The first-order chi connectivity index (χ1) is 18.3. The summed E-state index contributed by atoms with van der Waals surface area (Å²) in [6.45, 7) is 8.74. The molecule has 0 aromatic rings. The minimum Gasteiger partial charge on any atom is -0.481 e. The van der Waals surface area contributed by atoms with Crippen LogP contribution < -0.4 is 0 Å². The van der Waals surface area contributed by atoms with Crippen LogP contribution in [0.25, 0.3) is 0 Å². The SMILES string of the molecule is CC(=O)[C@H]1CC[C@H]2[C@@H]3CCC4=CC(=O)C=C(C)[C@]4(C)[C@H]3CC[C@]12C.O=C(O)C1(C2(C(=O)O)CC2)CCCCC1. The Hall–Kier alpha value is -2.24. The van der Waals surface area contributed by atoms with Gasteiger partial charge in [0.15, 0.2) is 5.78 Å². The summed E-state index contributed by atoms with van der Waals surface area (Å²) in [5.74, 6) is 1.09. The van der Waals surface area contributed by atoms with Crippen LogP contribution >= 0.6 is 0 Å². The van der Waals surface area contributed by atoms with E-state index in [0.717, 1.165) is 32.1 Å². The van der Waals surface area contributed by atoms with Crippen LogP contribution in [0.4, 0.5) is 0 Å². The molecule has 0 aliphatic heterocycles. The lowest BCUT2D eigenvalue weighted by Crippen LogP contribution is -2.51. The number of ketones is 2. The van der Waals surface area contributed by atoms with Gasteiger partial charge in [-0.25, -0.2) is 0 Å². The third-order valence-electron chi connectivity index (χ3n) is 12.8. The Labute approximate surface area is 232 Å². The van der Waals surface area contributed by atoms with Gasteiger partial charge in [-0.1, -0.05) is 44.3 Å². The summed E-state index contributed by atoms with van der Waals surface area (Å²) in [7, 11) is 0. The van der Waals surface area contributed by atoms with Gasteiger partial charge in [-0.15, -0.1) is 0 Å². The fraction of sp³-hybridized carbons (Fsp3) is 0.758. The molecule has 0 saturated heterocycles. The minimum atomic E-state index is -0.975. The zero-order valence-corrected chi connectivity index (χ0v) is 24.2. The number of hydrogen-bond donors (Lipinski definition) is 2. The Balaban J connectivity index is 0.000000177. The highest BCUT2D eigenvalue weighted by molar-refractivity contribution is 6.02. The molecule has 0 aromatic carbocycles. The van der Waals surface area contributed by atoms with Crippen molar-refractivity contribution in [3.8, 4) is 0 Å². The monoisotopic (exact) mass is 538 g/mol. The number of hydrogen-bond acceptors (Lipinski definition) is 4. The van der Waals surface area contributed by atoms with E-state index in [4.69, 9.17) is 0 Å². The molecule has 6 aliphatic carbocycles. The summed E-state index contributed by atoms with van der Waals surface area (Å²) >= 11 is 0. The van der Waals surface area contributed by atoms with Crippen molar-refractivity contribution in [3.63, 3.8) is 0 Å². The van der Waals surface area contributed by atoms with Gasteiger partial charge in [-0.3, -0.25) is 19.2 Å². The molecule has 6 aliphatic rings. The fourth-order valence-electron chi connectivity index (χ4n) is 10.3. The summed E-state index contributed by atoms with van der Waals surface area (Å²) in [5, 5.41) is 18.6. The Morgan fingerprint density at radius 2 is 1.41 bits per heavy atom. The van der Waals surface area contributed by atoms with Crippen molar-refractivity contribution in [2.45, 2.75) is 111 Å². The topological polar surface area (TPSA) is 109 Å². The third kappa shape index (κ3) is 4.10. The van der Waals surface area contributed by atoms with E-state index in [0.29, 0.717) is 49.2 Å². The minimum absolute atomic E-state index is 0.0759. The molecule has 6 atom stereocenters. The lowest BCUT2D eigenvalue weighted by Gasteiger charge is -2.58. The molecule has 0 aromatic heterocycles. The smallest absolute Gasteiger partial charge is 0.310 e. The van der Waals surface area contributed by atoms with Crippen LogP contribution in [0, 0.1) is 45.3 Å². The summed E-state index contributed by atoms with van der Waals surface area (Å²) in [4.78, 5) is 46.8. The van der Waals surface area contributed by atoms with Gasteiger partial charge in [0.05, 0.1) is 10.8 Å². The second-order valence-corrected chi connectivity index (χ2v) is 14.1. The molecule has 0 radical (unpaired) electrons. The van der Waals surface area contributed by atoms with Gasteiger partial charge in [0.1, 0.15) is 5.78 Å². The van der Waals surface area contributed by atoms with Crippen molar-refractivity contribution >= 4 is 23.5 Å². The Bertz CT molecular complexity index is 1130. The molecule has 0 unspecified atom stereocenters. The Morgan fingerprint density at radius 3 is 1.97 bits per heavy atom. The van der Waals surface area contributed by atoms with Crippen molar-refractivity contribution < 1.29 is 29.4 Å². The molecule has 2 N–H and O–H groups in total. The lowest BCUT2D eigenvalue weighted by atomic mass is 9.46. The lowest BCUT2D eigenvalue weighted by molar-refractivity contribution is -0.168. The quantitative estimate of drug-likeness (QED) is 0.409. The second kappa shape index (κ2) is 9.69. The van der Waals surface area contributed by atoms with Crippen LogP contribution in [-0.4, -0.2) is 33.7 Å². The standard InChI is InChI=1S/C22H30O2.C11H16O4/c1-13-11-16(24)12-15-5-6-17-19-8-7-18(14(2)23)21(19,3)10-9-20(17)22(13,15)4;12-8(13)10(4-2-1-3-5-10)11(6-7-11)9(14)15/h11-12,17-20H,5-10H2,1-4H3;1-7H2,(H,12,13)(H,14,15)/t17-,18+,19-,20-,21+,22-;/m0./s1. The number of carboxylic acids is 2. The second-order valence-electron chi connectivity index (χ2n) is 14.1. The molecule has 0 bridgehead atoms. The van der Waals surface area contributed by atoms with E-state index in [1.165, 1.54) is 36.8 Å². The van der Waals surface area contributed by atoms with E-state index in [1.807, 2.05) is 12.2 Å². The summed E-state index contributed by atoms with van der Waals surface area (Å²) in [5.41, 5.74) is 1.01. The number of aliphatic carboxylic acids is 2. The zero-order valence-electron chi connectivity index (χ0n) is 24.2. The molecule has 39 heavy (non-hydrogen) atoms. The number of rotatable bonds is 4. The Morgan fingerprint density at radius 1 is 0.795 bits per heavy atom. The molecule has 0 heterocycles. The summed E-state index contributed by atoms with van der Waals surface area (Å²) in [6.07, 6.45) is 15.6. The van der Waals surface area contributed by atoms with Crippen LogP contribution in [0.3, 0.4) is 0 Å². The molecule has 6 heteroatoms. The van der Waals surface area contributed by atoms with E-state index in [9.17, 15) is 29.4 Å². The van der Waals surface area contributed by atoms with Crippen molar-refractivity contribution in [2.24, 2.45) is 45.3 Å². The first kappa shape index (κ1) is 28.3. The highest BCUT2D eigenvalue weighted by Gasteiger charge is 2.68. The predicted octanol–water partition coefficient (Wildman–Crippen LogP) is 6.78. The molecule has 0 amide bonds. The van der Waals surface area contributed by atoms with Gasteiger partial charge < -0.3 is 10.2 Å². The molecule has 214 valence electrons. The summed E-state index contributed by atoms with van der Waals surface area (Å²) < 4.78 is 0. The maximum atomic E-state index is 12.2. The third-order valence-corrected chi connectivity index (χ3v) is 12.8. The van der Waals surface area contributed by atoms with Crippen LogP contribution in [0.2, 0.25) is 0 Å². The number of carbonyl (C=O) groups excluding carboxylic acids is 2. The van der Waals surface area contributed by atoms with Crippen molar-refractivity contribution in [1.29, 1.82) is 0 Å². The largest absolute Gasteiger partial charge is 0.481 e. The fourth-order valence-corrected chi connectivity index (χ4v) is 10.3. The molecule has 5 fully saturated rings. The Kier molecular flexibility index (Phi) is 7.03. The predicted molar refractivity (Wildman–Crippen MR) is 148 cm³/mol. The average Bonchev–Trinajstić information content (AvgIpc) is 3.62. The number of fused-ring (bicyclic) bond motifs is 5. The molecule has 6 rings (SSSR count). The maximum absolute atomic E-state index is 12.2. The maximum Gasteiger partial charge on any atom is 0.310 e. The first-order valence-corrected chi connectivity index (χ1v) is 15.2. The van der Waals surface area contributed by atoms with Gasteiger partial charge in [0.2, 0.25) is 0 Å². The number of carboxylic acid groups (broad SMARTS) is 2. The molecular weight excluding hydrogens is 492 g/mol. The van der Waals surface area contributed by atoms with Gasteiger partial charge in [0, 0.05) is 11.3 Å². The van der Waals surface area contributed by atoms with E-state index in [2.05, 4.69) is 20.8 Å². The normalized spacial score (nSPS) is 39.4. The van der Waals surface area contributed by atoms with Crippen molar-refractivity contribution in [2.75, 3.05) is 0 Å². The van der Waals surface area contributed by atoms with Crippen molar-refractivity contribution in [3.05, 3.63) is 23.3 Å². The summed E-state index contributed by atoms with van der Waals surface area (Å²) in [6, 6.07) is 0. The highest BCUT2D eigenvalue weighted by atomic mass is 16.4. The zero-order chi connectivity index (χ0) is 28.4. The van der Waals surface area contributed by atoms with Gasteiger partial charge >= 0.3 is 11.9 Å². The van der Waals surface area contributed by atoms with Gasteiger partial charge in [0.25, 0.3) is 0 Å². The molecule has 0 spiro atoms. The van der Waals surface area contributed by atoms with E-state index in [1.54, 1.807) is 6.92 Å². The first-order valence-electron chi connectivity index (χ1n) is 15.2. The van der Waals surface area contributed by atoms with Gasteiger partial charge in [-0.2, -0.15) is 0 Å². The van der Waals surface area contributed by atoms with Gasteiger partial charge in [-0.05, 0) is 113 Å². The van der Waals surface area contributed by atoms with E-state index >= 15 is 0 Å². The van der Waals surface area contributed by atoms with Crippen LogP contribution in [-0.2, 0) is 19.2 Å². The van der Waals surface area contributed by atoms with Crippen LogP contribution in [0.15, 0.2) is 23.3 Å². The van der Waals surface area contributed by atoms with Crippen LogP contribution in [0.5, 0.6) is 0 Å². The van der Waals surface area contributed by atoms with Crippen LogP contribution in [0.1, 0.15) is 111 Å². The number of allylic oxidation sites excluding steroid dienone is 4.